The first kappa shape index (κ1) is 12.2. The molecular formula is C13H20N2O2. The van der Waals surface area contributed by atoms with Gasteiger partial charge in [0.05, 0.1) is 0 Å². The summed E-state index contributed by atoms with van der Waals surface area (Å²) in [6.45, 7) is 3.58. The van der Waals surface area contributed by atoms with Gasteiger partial charge in [0.15, 0.2) is 0 Å². The monoisotopic (exact) mass is 236 g/mol. The Kier molecular flexibility index (Phi) is 3.86. The summed E-state index contributed by atoms with van der Waals surface area (Å²) >= 11 is 0. The summed E-state index contributed by atoms with van der Waals surface area (Å²) in [6.07, 6.45) is 2.27. The van der Waals surface area contributed by atoms with E-state index in [1.54, 1.807) is 12.1 Å². The van der Waals surface area contributed by atoms with Gasteiger partial charge in [-0.05, 0) is 44.5 Å². The van der Waals surface area contributed by atoms with Crippen LogP contribution in [0.4, 0.5) is 0 Å². The van der Waals surface area contributed by atoms with Crippen LogP contribution in [0.25, 0.3) is 0 Å². The molecule has 0 radical (unpaired) electrons. The number of hydrogen-bond donors (Lipinski definition) is 3. The van der Waals surface area contributed by atoms with Gasteiger partial charge in [-0.25, -0.2) is 0 Å². The molecule has 1 heterocycles. The maximum Gasteiger partial charge on any atom is 0.123 e. The van der Waals surface area contributed by atoms with Crippen LogP contribution in [0.1, 0.15) is 18.4 Å². The van der Waals surface area contributed by atoms with Crippen LogP contribution in [-0.2, 0) is 6.54 Å². The Balaban J connectivity index is 1.93. The Hall–Kier alpha value is -1.26. The summed E-state index contributed by atoms with van der Waals surface area (Å²) < 4.78 is 0. The first-order valence-electron chi connectivity index (χ1n) is 6.12. The fourth-order valence-corrected chi connectivity index (χ4v) is 2.31. The molecule has 4 nitrogen and oxygen atoms in total. The van der Waals surface area contributed by atoms with Crippen LogP contribution in [0, 0.1) is 5.92 Å². The van der Waals surface area contributed by atoms with Crippen molar-refractivity contribution < 1.29 is 10.2 Å². The van der Waals surface area contributed by atoms with Crippen LogP contribution in [-0.4, -0.2) is 34.7 Å². The van der Waals surface area contributed by atoms with E-state index in [0.29, 0.717) is 5.92 Å². The second-order valence-electron chi connectivity index (χ2n) is 4.77. The molecule has 0 bridgehead atoms. The largest absolute Gasteiger partial charge is 0.508 e. The molecule has 0 unspecified atom stereocenters. The van der Waals surface area contributed by atoms with Gasteiger partial charge in [-0.1, -0.05) is 6.07 Å². The zero-order valence-corrected chi connectivity index (χ0v) is 9.97. The lowest BCUT2D eigenvalue weighted by Crippen LogP contribution is -2.35. The van der Waals surface area contributed by atoms with Gasteiger partial charge in [0.2, 0.25) is 0 Å². The van der Waals surface area contributed by atoms with Crippen molar-refractivity contribution in [3.8, 4) is 11.5 Å². The molecule has 0 saturated carbocycles. The normalized spacial score (nSPS) is 18.4. The Morgan fingerprint density at radius 1 is 1.24 bits per heavy atom. The Morgan fingerprint density at radius 2 is 1.94 bits per heavy atom. The zero-order chi connectivity index (χ0) is 12.3. The highest BCUT2D eigenvalue weighted by Gasteiger charge is 2.18. The van der Waals surface area contributed by atoms with Crippen LogP contribution >= 0.6 is 0 Å². The van der Waals surface area contributed by atoms with Crippen molar-refractivity contribution in [2.45, 2.75) is 19.4 Å². The van der Waals surface area contributed by atoms with Crippen molar-refractivity contribution in [2.75, 3.05) is 19.6 Å². The Labute approximate surface area is 102 Å². The predicted octanol–water partition coefficient (Wildman–Crippen LogP) is 1.27. The fourth-order valence-electron chi connectivity index (χ4n) is 2.31. The summed E-state index contributed by atoms with van der Waals surface area (Å²) in [6, 6.07) is 4.78. The van der Waals surface area contributed by atoms with Crippen molar-refractivity contribution in [1.29, 1.82) is 0 Å². The third-order valence-electron chi connectivity index (χ3n) is 3.50. The smallest absolute Gasteiger partial charge is 0.123 e. The molecule has 1 aromatic carbocycles. The number of phenols is 2. The third kappa shape index (κ3) is 3.11. The molecule has 1 saturated heterocycles. The number of likely N-dealkylation sites (tertiary alicyclic amines) is 1. The molecule has 94 valence electrons. The molecule has 17 heavy (non-hydrogen) atoms. The van der Waals surface area contributed by atoms with Gasteiger partial charge in [-0.2, -0.15) is 0 Å². The summed E-state index contributed by atoms with van der Waals surface area (Å²) in [5.41, 5.74) is 6.53. The average molecular weight is 236 g/mol. The number of nitrogens with two attached hydrogens (primary N) is 1. The summed E-state index contributed by atoms with van der Waals surface area (Å²) in [5, 5.41) is 18.9. The third-order valence-corrected chi connectivity index (χ3v) is 3.50. The highest BCUT2D eigenvalue weighted by molar-refractivity contribution is 5.38. The van der Waals surface area contributed by atoms with Crippen LogP contribution in [0.3, 0.4) is 0 Å². The van der Waals surface area contributed by atoms with Crippen molar-refractivity contribution in [2.24, 2.45) is 11.7 Å². The van der Waals surface area contributed by atoms with E-state index in [1.807, 2.05) is 0 Å². The molecule has 0 spiro atoms. The molecule has 0 atom stereocenters. The van der Waals surface area contributed by atoms with Crippen LogP contribution < -0.4 is 5.73 Å². The molecule has 4 heteroatoms. The maximum absolute atomic E-state index is 9.71. The highest BCUT2D eigenvalue weighted by atomic mass is 16.3. The van der Waals surface area contributed by atoms with Gasteiger partial charge in [-0.15, -0.1) is 0 Å². The second kappa shape index (κ2) is 5.38. The van der Waals surface area contributed by atoms with Gasteiger partial charge in [0.25, 0.3) is 0 Å². The van der Waals surface area contributed by atoms with Crippen LogP contribution in [0.15, 0.2) is 18.2 Å². The number of benzene rings is 1. The molecule has 2 rings (SSSR count). The maximum atomic E-state index is 9.71. The minimum Gasteiger partial charge on any atom is -0.508 e. The van der Waals surface area contributed by atoms with E-state index in [2.05, 4.69) is 4.90 Å². The van der Waals surface area contributed by atoms with E-state index in [9.17, 15) is 10.2 Å². The minimum atomic E-state index is 0.105. The number of phenolic OH excluding ortho intramolecular Hbond substituents is 2. The number of piperidine rings is 1. The Bertz CT molecular complexity index is 374. The topological polar surface area (TPSA) is 69.7 Å². The van der Waals surface area contributed by atoms with Gasteiger partial charge in [0, 0.05) is 18.2 Å². The van der Waals surface area contributed by atoms with E-state index < -0.39 is 0 Å². The quantitative estimate of drug-likeness (QED) is 0.739. The van der Waals surface area contributed by atoms with E-state index in [4.69, 9.17) is 5.73 Å². The molecular weight excluding hydrogens is 216 g/mol. The summed E-state index contributed by atoms with van der Waals surface area (Å²) in [7, 11) is 0. The first-order chi connectivity index (χ1) is 8.19. The van der Waals surface area contributed by atoms with Crippen molar-refractivity contribution >= 4 is 0 Å². The summed E-state index contributed by atoms with van der Waals surface area (Å²) in [5.74, 6) is 0.929. The lowest BCUT2D eigenvalue weighted by atomic mass is 9.97. The molecule has 0 aromatic heterocycles. The van der Waals surface area contributed by atoms with Crippen molar-refractivity contribution in [3.63, 3.8) is 0 Å². The standard InChI is InChI=1S/C13H20N2O2/c14-8-10-3-5-15(6-4-10)9-11-1-2-12(16)7-13(11)17/h1-2,7,10,16-17H,3-6,8-9,14H2. The van der Waals surface area contributed by atoms with Gasteiger partial charge in [0.1, 0.15) is 11.5 Å². The molecule has 1 aromatic rings. The van der Waals surface area contributed by atoms with E-state index in [1.165, 1.54) is 6.07 Å². The van der Waals surface area contributed by atoms with E-state index in [0.717, 1.165) is 44.6 Å². The van der Waals surface area contributed by atoms with Crippen LogP contribution in [0.5, 0.6) is 11.5 Å². The lowest BCUT2D eigenvalue weighted by molar-refractivity contribution is 0.179. The van der Waals surface area contributed by atoms with E-state index in [-0.39, 0.29) is 11.5 Å². The van der Waals surface area contributed by atoms with Gasteiger partial charge < -0.3 is 15.9 Å². The van der Waals surface area contributed by atoms with Crippen molar-refractivity contribution in [3.05, 3.63) is 23.8 Å². The predicted molar refractivity (Wildman–Crippen MR) is 66.8 cm³/mol. The van der Waals surface area contributed by atoms with E-state index >= 15 is 0 Å². The average Bonchev–Trinajstić information content (AvgIpc) is 2.34. The zero-order valence-electron chi connectivity index (χ0n) is 9.97. The number of rotatable bonds is 3. The highest BCUT2D eigenvalue weighted by Crippen LogP contribution is 2.25. The van der Waals surface area contributed by atoms with Gasteiger partial charge >= 0.3 is 0 Å². The molecule has 1 aliphatic heterocycles. The Morgan fingerprint density at radius 3 is 2.53 bits per heavy atom. The minimum absolute atomic E-state index is 0.105. The lowest BCUT2D eigenvalue weighted by Gasteiger charge is -2.31. The SMILES string of the molecule is NCC1CCN(Cc2ccc(O)cc2O)CC1. The molecule has 0 amide bonds. The number of aromatic hydroxyl groups is 2. The van der Waals surface area contributed by atoms with Crippen molar-refractivity contribution in [1.82, 2.24) is 4.90 Å². The first-order valence-corrected chi connectivity index (χ1v) is 6.12. The molecule has 1 aliphatic rings. The van der Waals surface area contributed by atoms with Crippen LogP contribution in [0.2, 0.25) is 0 Å². The fraction of sp³-hybridized carbons (Fsp3) is 0.538. The second-order valence-corrected chi connectivity index (χ2v) is 4.77. The molecule has 0 aliphatic carbocycles. The number of hydrogen-bond acceptors (Lipinski definition) is 4. The van der Waals surface area contributed by atoms with Gasteiger partial charge in [-0.3, -0.25) is 4.90 Å². The molecule has 4 N–H and O–H groups in total. The molecule has 1 fully saturated rings. The number of nitrogens with zero attached hydrogens (tertiary/aromatic N) is 1. The summed E-state index contributed by atoms with van der Waals surface area (Å²) in [4.78, 5) is 2.32.